The predicted octanol–water partition coefficient (Wildman–Crippen LogP) is 2.97. The van der Waals surface area contributed by atoms with Gasteiger partial charge in [-0.3, -0.25) is 0 Å². The van der Waals surface area contributed by atoms with E-state index in [1.807, 2.05) is 0 Å². The first-order valence-electron chi connectivity index (χ1n) is 5.91. The Hall–Kier alpha value is -1.26. The van der Waals surface area contributed by atoms with Crippen molar-refractivity contribution in [2.75, 3.05) is 13.2 Å². The number of hydrogen-bond acceptors (Lipinski definition) is 3. The number of aliphatic hydroxyl groups excluding tert-OH is 1. The molecule has 0 aliphatic heterocycles. The van der Waals surface area contributed by atoms with Gasteiger partial charge in [0.15, 0.2) is 0 Å². The number of unbranched alkanes of at least 4 members (excludes halogenated alkanes) is 3. The van der Waals surface area contributed by atoms with E-state index < -0.39 is 5.97 Å². The van der Waals surface area contributed by atoms with E-state index in [0.717, 1.165) is 25.7 Å². The van der Waals surface area contributed by atoms with Crippen LogP contribution in [0, 0.1) is 0 Å². The lowest BCUT2D eigenvalue weighted by Crippen LogP contribution is -2.00. The topological polar surface area (TPSA) is 66.8 Å². The number of ether oxygens (including phenoxy) is 1. The van der Waals surface area contributed by atoms with Crippen LogP contribution in [0.15, 0.2) is 18.2 Å². The molecule has 0 unspecified atom stereocenters. The Bertz CT molecular complexity index is 393. The van der Waals surface area contributed by atoms with E-state index in [0.29, 0.717) is 17.4 Å². The van der Waals surface area contributed by atoms with Crippen molar-refractivity contribution in [1.29, 1.82) is 0 Å². The molecule has 0 heterocycles. The molecule has 0 fully saturated rings. The van der Waals surface area contributed by atoms with Crippen LogP contribution in [-0.4, -0.2) is 29.4 Å². The van der Waals surface area contributed by atoms with Crippen LogP contribution in [0.25, 0.3) is 0 Å². The summed E-state index contributed by atoms with van der Waals surface area (Å²) in [4.78, 5) is 10.7. The molecular weight excluding hydrogens is 256 g/mol. The van der Waals surface area contributed by atoms with Crippen molar-refractivity contribution in [3.63, 3.8) is 0 Å². The number of aromatic carboxylic acids is 1. The molecule has 0 atom stereocenters. The Labute approximate surface area is 111 Å². The average molecular weight is 273 g/mol. The van der Waals surface area contributed by atoms with Gasteiger partial charge < -0.3 is 14.9 Å². The van der Waals surface area contributed by atoms with E-state index >= 15 is 0 Å². The molecule has 0 spiro atoms. The fraction of sp³-hybridized carbons (Fsp3) is 0.462. The van der Waals surface area contributed by atoms with Crippen LogP contribution >= 0.6 is 11.6 Å². The van der Waals surface area contributed by atoms with Crippen molar-refractivity contribution in [2.24, 2.45) is 0 Å². The van der Waals surface area contributed by atoms with Gasteiger partial charge in [-0.25, -0.2) is 4.79 Å². The lowest BCUT2D eigenvalue weighted by atomic mass is 10.2. The largest absolute Gasteiger partial charge is 0.492 e. The van der Waals surface area contributed by atoms with Gasteiger partial charge in [0.2, 0.25) is 0 Å². The third-order valence-corrected chi connectivity index (χ3v) is 2.78. The summed E-state index contributed by atoms with van der Waals surface area (Å²) in [7, 11) is 0. The van der Waals surface area contributed by atoms with Crippen molar-refractivity contribution in [3.8, 4) is 5.75 Å². The monoisotopic (exact) mass is 272 g/mol. The van der Waals surface area contributed by atoms with E-state index in [1.54, 1.807) is 6.07 Å². The second-order valence-electron chi connectivity index (χ2n) is 3.94. The van der Waals surface area contributed by atoms with Crippen molar-refractivity contribution in [3.05, 3.63) is 28.8 Å². The van der Waals surface area contributed by atoms with Crippen molar-refractivity contribution >= 4 is 17.6 Å². The Kier molecular flexibility index (Phi) is 6.54. The molecule has 18 heavy (non-hydrogen) atoms. The van der Waals surface area contributed by atoms with E-state index in [4.69, 9.17) is 26.6 Å². The van der Waals surface area contributed by atoms with Crippen LogP contribution in [0.4, 0.5) is 0 Å². The number of carboxylic acids is 1. The third-order valence-electron chi connectivity index (χ3n) is 2.49. The maximum Gasteiger partial charge on any atom is 0.335 e. The molecule has 0 aromatic heterocycles. The number of hydrogen-bond donors (Lipinski definition) is 2. The number of halogens is 1. The molecule has 0 saturated carbocycles. The highest BCUT2D eigenvalue weighted by molar-refractivity contribution is 6.32. The molecule has 0 aliphatic carbocycles. The molecule has 4 nitrogen and oxygen atoms in total. The Balaban J connectivity index is 2.36. The minimum atomic E-state index is -1.01. The molecule has 0 aliphatic rings. The summed E-state index contributed by atoms with van der Waals surface area (Å²) in [6.07, 6.45) is 3.67. The normalized spacial score (nSPS) is 10.3. The Morgan fingerprint density at radius 2 is 1.94 bits per heavy atom. The SMILES string of the molecule is O=C(O)c1ccc(OCCCCCCO)c(Cl)c1. The zero-order valence-corrected chi connectivity index (χ0v) is 10.8. The van der Waals surface area contributed by atoms with Gasteiger partial charge in [-0.15, -0.1) is 0 Å². The van der Waals surface area contributed by atoms with Crippen LogP contribution in [0.2, 0.25) is 5.02 Å². The van der Waals surface area contributed by atoms with Gasteiger partial charge in [-0.1, -0.05) is 18.0 Å². The molecule has 1 aromatic rings. The lowest BCUT2D eigenvalue weighted by molar-refractivity contribution is 0.0697. The Morgan fingerprint density at radius 1 is 1.22 bits per heavy atom. The van der Waals surface area contributed by atoms with Crippen LogP contribution in [0.3, 0.4) is 0 Å². The highest BCUT2D eigenvalue weighted by atomic mass is 35.5. The maximum absolute atomic E-state index is 10.7. The summed E-state index contributed by atoms with van der Waals surface area (Å²) in [6, 6.07) is 4.42. The molecular formula is C13H17ClO4. The fourth-order valence-electron chi connectivity index (χ4n) is 1.50. The standard InChI is InChI=1S/C13H17ClO4/c14-11-9-10(13(16)17)5-6-12(11)18-8-4-2-1-3-7-15/h5-6,9,15H,1-4,7-8H2,(H,16,17). The highest BCUT2D eigenvalue weighted by Gasteiger charge is 2.07. The fourth-order valence-corrected chi connectivity index (χ4v) is 1.74. The van der Waals surface area contributed by atoms with Gasteiger partial charge in [0.25, 0.3) is 0 Å². The van der Waals surface area contributed by atoms with E-state index in [9.17, 15) is 4.79 Å². The summed E-state index contributed by atoms with van der Waals surface area (Å²) >= 11 is 5.91. The zero-order valence-electron chi connectivity index (χ0n) is 10.1. The smallest absolute Gasteiger partial charge is 0.335 e. The molecule has 1 aromatic carbocycles. The van der Waals surface area contributed by atoms with Crippen LogP contribution in [-0.2, 0) is 0 Å². The van der Waals surface area contributed by atoms with Crippen molar-refractivity contribution in [2.45, 2.75) is 25.7 Å². The molecule has 5 heteroatoms. The van der Waals surface area contributed by atoms with Crippen LogP contribution < -0.4 is 4.74 Å². The molecule has 2 N–H and O–H groups in total. The van der Waals surface area contributed by atoms with Crippen molar-refractivity contribution in [1.82, 2.24) is 0 Å². The molecule has 0 bridgehead atoms. The summed E-state index contributed by atoms with van der Waals surface area (Å²) < 4.78 is 5.46. The highest BCUT2D eigenvalue weighted by Crippen LogP contribution is 2.25. The Morgan fingerprint density at radius 3 is 2.56 bits per heavy atom. The second-order valence-corrected chi connectivity index (χ2v) is 4.34. The second kappa shape index (κ2) is 7.95. The maximum atomic E-state index is 10.7. The van der Waals surface area contributed by atoms with E-state index in [2.05, 4.69) is 0 Å². The quantitative estimate of drug-likeness (QED) is 0.714. The minimum Gasteiger partial charge on any atom is -0.492 e. The van der Waals surface area contributed by atoms with Gasteiger partial charge in [0.05, 0.1) is 17.2 Å². The van der Waals surface area contributed by atoms with Gasteiger partial charge >= 0.3 is 5.97 Å². The molecule has 0 radical (unpaired) electrons. The number of carboxylic acid groups (broad SMARTS) is 1. The molecule has 0 saturated heterocycles. The van der Waals surface area contributed by atoms with Gasteiger partial charge in [0, 0.05) is 6.61 Å². The molecule has 100 valence electrons. The van der Waals surface area contributed by atoms with Crippen molar-refractivity contribution < 1.29 is 19.7 Å². The average Bonchev–Trinajstić information content (AvgIpc) is 2.35. The van der Waals surface area contributed by atoms with Crippen LogP contribution in [0.1, 0.15) is 36.0 Å². The van der Waals surface area contributed by atoms with E-state index in [1.165, 1.54) is 12.1 Å². The number of rotatable bonds is 8. The predicted molar refractivity (Wildman–Crippen MR) is 69.5 cm³/mol. The first-order valence-corrected chi connectivity index (χ1v) is 6.29. The minimum absolute atomic E-state index is 0.148. The first kappa shape index (κ1) is 14.8. The number of aliphatic hydroxyl groups is 1. The molecule has 0 amide bonds. The van der Waals surface area contributed by atoms with Gasteiger partial charge in [-0.2, -0.15) is 0 Å². The zero-order chi connectivity index (χ0) is 13.4. The van der Waals surface area contributed by atoms with Crippen LogP contribution in [0.5, 0.6) is 5.75 Å². The number of benzene rings is 1. The summed E-state index contributed by atoms with van der Waals surface area (Å²) in [5.41, 5.74) is 0.148. The van der Waals surface area contributed by atoms with Gasteiger partial charge in [0.1, 0.15) is 5.75 Å². The molecule has 1 rings (SSSR count). The first-order chi connectivity index (χ1) is 8.65. The summed E-state index contributed by atoms with van der Waals surface area (Å²) in [5.74, 6) is -0.503. The number of carbonyl (C=O) groups is 1. The van der Waals surface area contributed by atoms with E-state index in [-0.39, 0.29) is 12.2 Å². The lowest BCUT2D eigenvalue weighted by Gasteiger charge is -2.08. The van der Waals surface area contributed by atoms with Gasteiger partial charge in [-0.05, 0) is 37.5 Å². The third kappa shape index (κ3) is 4.94. The summed E-state index contributed by atoms with van der Waals surface area (Å²) in [5, 5.41) is 17.7. The summed E-state index contributed by atoms with van der Waals surface area (Å²) in [6.45, 7) is 0.765.